The highest BCUT2D eigenvalue weighted by Crippen LogP contribution is 2.25. The van der Waals surface area contributed by atoms with Crippen LogP contribution in [0.15, 0.2) is 83.3 Å². The van der Waals surface area contributed by atoms with E-state index < -0.39 is 21.5 Å². The molecule has 0 saturated heterocycles. The molecule has 0 amide bonds. The van der Waals surface area contributed by atoms with Crippen molar-refractivity contribution in [3.63, 3.8) is 0 Å². The molecule has 0 fully saturated rings. The van der Waals surface area contributed by atoms with Crippen LogP contribution in [0.3, 0.4) is 0 Å². The van der Waals surface area contributed by atoms with E-state index in [2.05, 4.69) is 26.0 Å². The van der Waals surface area contributed by atoms with Crippen LogP contribution < -0.4 is 0 Å². The van der Waals surface area contributed by atoms with E-state index in [1.807, 2.05) is 0 Å². The fourth-order valence-corrected chi connectivity index (χ4v) is 3.82. The largest absolute Gasteiger partial charge is 0.288 e. The van der Waals surface area contributed by atoms with Crippen LogP contribution in [0.4, 0.5) is 5.69 Å². The van der Waals surface area contributed by atoms with Gasteiger partial charge in [-0.05, 0) is 36.4 Å². The Morgan fingerprint density at radius 1 is 0.919 bits per heavy atom. The Balaban J connectivity index is 0.000000747. The number of aromatic nitrogens is 3. The van der Waals surface area contributed by atoms with Crippen LogP contribution in [0.1, 0.15) is 32.0 Å². The van der Waals surface area contributed by atoms with Crippen molar-refractivity contribution in [2.24, 2.45) is 0 Å². The van der Waals surface area contributed by atoms with Gasteiger partial charge in [0.1, 0.15) is 5.69 Å². The molecule has 11 heteroatoms. The van der Waals surface area contributed by atoms with Gasteiger partial charge in [0, 0.05) is 51.0 Å². The lowest BCUT2D eigenvalue weighted by atomic mass is 10.0. The van der Waals surface area contributed by atoms with Crippen LogP contribution in [0, 0.1) is 10.1 Å². The molecule has 5 aromatic rings. The van der Waals surface area contributed by atoms with Gasteiger partial charge in [0.2, 0.25) is 5.78 Å². The summed E-state index contributed by atoms with van der Waals surface area (Å²) in [6, 6.07) is 21.0. The van der Waals surface area contributed by atoms with Crippen molar-refractivity contribution in [1.29, 1.82) is 0 Å². The molecule has 2 heterocycles. The quantitative estimate of drug-likeness (QED) is 0.163. The first-order valence-electron chi connectivity index (χ1n) is 10.8. The fraction of sp³-hybridized carbons (Fsp3) is 0.0769. The fourth-order valence-electron chi connectivity index (χ4n) is 3.55. The van der Waals surface area contributed by atoms with Gasteiger partial charge in [-0.3, -0.25) is 23.9 Å². The number of nitro groups is 1. The highest BCUT2D eigenvalue weighted by molar-refractivity contribution is 9.10. The Morgan fingerprint density at radius 3 is 2.16 bits per heavy atom. The monoisotopic (exact) mass is 578 g/mol. The SMILES string of the molecule is CS(C)=O.O=C(c1ccc(Br)cc1)c1cc(C(=O)c2ccccc2)c2nc3ccc([N+](=O)[O-])cc3n2n1. The van der Waals surface area contributed by atoms with E-state index in [-0.39, 0.29) is 28.4 Å². The minimum atomic E-state index is -0.611. The second-order valence-electron chi connectivity index (χ2n) is 7.99. The van der Waals surface area contributed by atoms with Crippen molar-refractivity contribution >= 4 is 60.7 Å². The van der Waals surface area contributed by atoms with E-state index >= 15 is 0 Å². The Kier molecular flexibility index (Phi) is 7.65. The lowest BCUT2D eigenvalue weighted by Gasteiger charge is -2.07. The summed E-state index contributed by atoms with van der Waals surface area (Å²) in [5, 5.41) is 15.7. The summed E-state index contributed by atoms with van der Waals surface area (Å²) in [6.07, 6.45) is 3.28. The molecule has 0 atom stereocenters. The third-order valence-corrected chi connectivity index (χ3v) is 5.70. The standard InChI is InChI=1S/C24H13BrN4O4.C2H6OS/c25-16-8-6-15(7-9-16)23(31)20-13-18(22(30)14-4-2-1-3-5-14)24-26-19-11-10-17(29(32)33)12-21(19)28(24)27-20;1-4(2)3/h1-13H;1-2H3. The maximum Gasteiger partial charge on any atom is 0.271 e. The number of imidazole rings is 1. The number of fused-ring (bicyclic) bond motifs is 3. The van der Waals surface area contributed by atoms with Gasteiger partial charge < -0.3 is 0 Å². The first-order valence-corrected chi connectivity index (χ1v) is 13.5. The maximum atomic E-state index is 13.4. The number of ketones is 2. The zero-order chi connectivity index (χ0) is 26.7. The Morgan fingerprint density at radius 2 is 1.54 bits per heavy atom. The van der Waals surface area contributed by atoms with Crippen molar-refractivity contribution in [3.05, 3.63) is 116 Å². The summed E-state index contributed by atoms with van der Waals surface area (Å²) in [5.41, 5.74) is 1.82. The number of rotatable bonds is 5. The molecule has 0 unspecified atom stereocenters. The summed E-state index contributed by atoms with van der Waals surface area (Å²) in [5.74, 6) is -0.726. The molecule has 2 aromatic heterocycles. The molecule has 0 aliphatic rings. The van der Waals surface area contributed by atoms with Gasteiger partial charge in [-0.2, -0.15) is 5.10 Å². The van der Waals surface area contributed by atoms with E-state index in [1.165, 1.54) is 28.8 Å². The lowest BCUT2D eigenvalue weighted by Crippen LogP contribution is -2.12. The van der Waals surface area contributed by atoms with Gasteiger partial charge in [0.25, 0.3) is 5.69 Å². The molecule has 0 aliphatic carbocycles. The minimum Gasteiger partial charge on any atom is -0.288 e. The third-order valence-electron chi connectivity index (χ3n) is 5.17. The van der Waals surface area contributed by atoms with Crippen LogP contribution >= 0.6 is 15.9 Å². The van der Waals surface area contributed by atoms with Gasteiger partial charge in [0.15, 0.2) is 11.4 Å². The van der Waals surface area contributed by atoms with Crippen LogP contribution in [-0.4, -0.2) is 47.8 Å². The van der Waals surface area contributed by atoms with E-state index in [1.54, 1.807) is 67.1 Å². The second kappa shape index (κ2) is 10.9. The van der Waals surface area contributed by atoms with Crippen molar-refractivity contribution in [2.45, 2.75) is 0 Å². The highest BCUT2D eigenvalue weighted by atomic mass is 79.9. The molecule has 3 aromatic carbocycles. The average Bonchev–Trinajstić information content (AvgIpc) is 3.26. The van der Waals surface area contributed by atoms with Gasteiger partial charge >= 0.3 is 0 Å². The van der Waals surface area contributed by atoms with Crippen LogP contribution in [-0.2, 0) is 10.8 Å². The smallest absolute Gasteiger partial charge is 0.271 e. The summed E-state index contributed by atoms with van der Waals surface area (Å²) >= 11 is 3.34. The van der Waals surface area contributed by atoms with Gasteiger partial charge in [0.05, 0.1) is 21.5 Å². The Bertz CT molecular complexity index is 1680. The average molecular weight is 579 g/mol. The molecule has 5 rings (SSSR count). The van der Waals surface area contributed by atoms with E-state index in [9.17, 15) is 23.9 Å². The van der Waals surface area contributed by atoms with E-state index in [0.717, 1.165) is 4.47 Å². The minimum absolute atomic E-state index is 0.0231. The van der Waals surface area contributed by atoms with Crippen LogP contribution in [0.25, 0.3) is 16.7 Å². The van der Waals surface area contributed by atoms with Gasteiger partial charge in [-0.1, -0.05) is 46.3 Å². The number of benzene rings is 3. The predicted molar refractivity (Wildman–Crippen MR) is 145 cm³/mol. The predicted octanol–water partition coefficient (Wildman–Crippen LogP) is 5.01. The number of hydrogen-bond donors (Lipinski definition) is 0. The molecule has 9 nitrogen and oxygen atoms in total. The first-order chi connectivity index (χ1) is 17.7. The van der Waals surface area contributed by atoms with Gasteiger partial charge in [-0.25, -0.2) is 9.50 Å². The van der Waals surface area contributed by atoms with Crippen molar-refractivity contribution in [1.82, 2.24) is 14.6 Å². The van der Waals surface area contributed by atoms with E-state index in [4.69, 9.17) is 0 Å². The van der Waals surface area contributed by atoms with Crippen molar-refractivity contribution < 1.29 is 18.7 Å². The number of halogens is 1. The number of carbonyl (C=O) groups is 2. The number of hydrogen-bond acceptors (Lipinski definition) is 7. The second-order valence-corrected chi connectivity index (χ2v) is 10.4. The Labute approximate surface area is 221 Å². The zero-order valence-electron chi connectivity index (χ0n) is 19.6. The number of nitrogens with zero attached hydrogens (tertiary/aromatic N) is 4. The summed E-state index contributed by atoms with van der Waals surface area (Å²) in [4.78, 5) is 41.8. The van der Waals surface area contributed by atoms with Crippen LogP contribution in [0.5, 0.6) is 0 Å². The highest BCUT2D eigenvalue weighted by Gasteiger charge is 2.23. The molecular weight excluding hydrogens is 560 g/mol. The summed E-state index contributed by atoms with van der Waals surface area (Å²) < 4.78 is 11.7. The van der Waals surface area contributed by atoms with Gasteiger partial charge in [-0.15, -0.1) is 0 Å². The number of non-ortho nitro benzene ring substituents is 1. The molecule has 0 aliphatic heterocycles. The summed E-state index contributed by atoms with van der Waals surface area (Å²) in [6.45, 7) is 0. The first kappa shape index (κ1) is 26.0. The maximum absolute atomic E-state index is 13.4. The lowest BCUT2D eigenvalue weighted by molar-refractivity contribution is -0.384. The molecule has 0 saturated carbocycles. The molecule has 0 radical (unpaired) electrons. The number of carbonyl (C=O) groups excluding carboxylic acids is 2. The van der Waals surface area contributed by atoms with E-state index in [0.29, 0.717) is 22.2 Å². The molecule has 0 N–H and O–H groups in total. The summed E-state index contributed by atoms with van der Waals surface area (Å²) in [7, 11) is -0.611. The third kappa shape index (κ3) is 5.68. The molecule has 37 heavy (non-hydrogen) atoms. The van der Waals surface area contributed by atoms with Crippen molar-refractivity contribution in [2.75, 3.05) is 12.5 Å². The zero-order valence-corrected chi connectivity index (χ0v) is 22.0. The molecular formula is C26H19BrN4O5S. The van der Waals surface area contributed by atoms with Crippen molar-refractivity contribution in [3.8, 4) is 0 Å². The number of nitro benzene ring substituents is 1. The molecule has 186 valence electrons. The Hall–Kier alpha value is -4.09. The van der Waals surface area contributed by atoms with Crippen LogP contribution in [0.2, 0.25) is 0 Å². The topological polar surface area (TPSA) is 125 Å². The molecule has 0 spiro atoms. The normalized spacial score (nSPS) is 10.8. The molecule has 0 bridgehead atoms.